The number of nitrogens with two attached hydrogens (primary N) is 1. The van der Waals surface area contributed by atoms with Crippen molar-refractivity contribution in [2.45, 2.75) is 13.3 Å². The normalized spacial score (nSPS) is 13.8. The molecule has 2 N–H and O–H groups in total. The largest absolute Gasteiger partial charge is 0.395 e. The Kier molecular flexibility index (Phi) is 2.48. The van der Waals surface area contributed by atoms with Crippen LogP contribution in [0.2, 0.25) is 0 Å². The van der Waals surface area contributed by atoms with Crippen LogP contribution in [0.3, 0.4) is 0 Å². The second kappa shape index (κ2) is 4.05. The number of hydrogen-bond donors (Lipinski definition) is 1. The van der Waals surface area contributed by atoms with E-state index in [1.807, 2.05) is 25.1 Å². The predicted octanol–water partition coefficient (Wildman–Crippen LogP) is 1.55. The lowest BCUT2D eigenvalue weighted by Gasteiger charge is -2.11. The van der Waals surface area contributed by atoms with E-state index in [-0.39, 0.29) is 5.91 Å². The summed E-state index contributed by atoms with van der Waals surface area (Å²) in [6.45, 7) is 1.85. The maximum absolute atomic E-state index is 11.7. The molecule has 3 rings (SSSR count). The first-order valence-electron chi connectivity index (χ1n) is 6.05. The van der Waals surface area contributed by atoms with Crippen molar-refractivity contribution >= 4 is 17.3 Å². The van der Waals surface area contributed by atoms with Crippen LogP contribution in [0.1, 0.15) is 11.3 Å². The van der Waals surface area contributed by atoms with Gasteiger partial charge in [0.15, 0.2) is 0 Å². The third-order valence-corrected chi connectivity index (χ3v) is 3.51. The summed E-state index contributed by atoms with van der Waals surface area (Å²) in [6.07, 6.45) is 1.94. The number of amides is 1. The number of carbonyl (C=O) groups excluding carboxylic acids is 1. The van der Waals surface area contributed by atoms with Crippen molar-refractivity contribution in [2.24, 2.45) is 0 Å². The number of nitrogens with zero attached hydrogens (tertiary/aromatic N) is 3. The Balaban J connectivity index is 2.12. The minimum atomic E-state index is 0.110. The van der Waals surface area contributed by atoms with E-state index in [0.29, 0.717) is 12.1 Å². The molecule has 1 aliphatic heterocycles. The summed E-state index contributed by atoms with van der Waals surface area (Å²) in [4.78, 5) is 21.7. The molecule has 19 heavy (non-hydrogen) atoms. The number of fused-ring (bicyclic) bond motifs is 1. The van der Waals surface area contributed by atoms with Crippen LogP contribution in [0, 0.1) is 6.92 Å². The zero-order chi connectivity index (χ0) is 13.6. The number of aryl methyl sites for hydroxylation is 1. The summed E-state index contributed by atoms with van der Waals surface area (Å²) >= 11 is 0. The topological polar surface area (TPSA) is 72.1 Å². The Labute approximate surface area is 111 Å². The minimum absolute atomic E-state index is 0.110. The van der Waals surface area contributed by atoms with Gasteiger partial charge in [-0.05, 0) is 24.6 Å². The highest BCUT2D eigenvalue weighted by Crippen LogP contribution is 2.33. The van der Waals surface area contributed by atoms with Crippen LogP contribution < -0.4 is 10.6 Å². The summed E-state index contributed by atoms with van der Waals surface area (Å²) in [5, 5.41) is 0. The molecule has 0 saturated carbocycles. The molecule has 0 unspecified atom stereocenters. The van der Waals surface area contributed by atoms with Gasteiger partial charge in [0.2, 0.25) is 5.91 Å². The molecule has 1 aromatic carbocycles. The van der Waals surface area contributed by atoms with E-state index in [2.05, 4.69) is 9.97 Å². The van der Waals surface area contributed by atoms with Gasteiger partial charge in [-0.1, -0.05) is 6.07 Å². The maximum Gasteiger partial charge on any atom is 0.231 e. The Bertz CT molecular complexity index is 681. The number of anilines is 2. The maximum atomic E-state index is 11.7. The fraction of sp³-hybridized carbons (Fsp3) is 0.214. The second-order valence-corrected chi connectivity index (χ2v) is 4.69. The summed E-state index contributed by atoms with van der Waals surface area (Å²) in [7, 11) is 1.79. The predicted molar refractivity (Wildman–Crippen MR) is 73.7 cm³/mol. The molecule has 5 heteroatoms. The zero-order valence-electron chi connectivity index (χ0n) is 10.8. The number of nitrogen functional groups attached to an aromatic ring is 1. The van der Waals surface area contributed by atoms with Crippen molar-refractivity contribution in [1.82, 2.24) is 9.97 Å². The van der Waals surface area contributed by atoms with Gasteiger partial charge in [0, 0.05) is 18.3 Å². The Morgan fingerprint density at radius 1 is 1.32 bits per heavy atom. The van der Waals surface area contributed by atoms with Gasteiger partial charge in [0.05, 0.1) is 23.5 Å². The Morgan fingerprint density at radius 3 is 2.89 bits per heavy atom. The van der Waals surface area contributed by atoms with Crippen molar-refractivity contribution < 1.29 is 4.79 Å². The van der Waals surface area contributed by atoms with Crippen LogP contribution >= 0.6 is 0 Å². The molecule has 5 nitrogen and oxygen atoms in total. The molecule has 0 fully saturated rings. The highest BCUT2D eigenvalue weighted by Gasteiger charge is 2.24. The van der Waals surface area contributed by atoms with E-state index in [1.165, 1.54) is 6.33 Å². The van der Waals surface area contributed by atoms with Crippen LogP contribution in [0.4, 0.5) is 11.4 Å². The number of hydrogen-bond acceptors (Lipinski definition) is 4. The monoisotopic (exact) mass is 254 g/mol. The molecule has 96 valence electrons. The average molecular weight is 254 g/mol. The first kappa shape index (κ1) is 11.6. The van der Waals surface area contributed by atoms with Crippen molar-refractivity contribution in [3.05, 3.63) is 35.8 Å². The lowest BCUT2D eigenvalue weighted by molar-refractivity contribution is -0.117. The first-order chi connectivity index (χ1) is 9.08. The van der Waals surface area contributed by atoms with Gasteiger partial charge >= 0.3 is 0 Å². The lowest BCUT2D eigenvalue weighted by Crippen LogP contribution is -2.20. The molecule has 0 bridgehead atoms. The Morgan fingerprint density at radius 2 is 2.11 bits per heavy atom. The van der Waals surface area contributed by atoms with Gasteiger partial charge in [-0.25, -0.2) is 9.97 Å². The van der Waals surface area contributed by atoms with Crippen LogP contribution in [0.25, 0.3) is 11.3 Å². The number of rotatable bonds is 1. The van der Waals surface area contributed by atoms with Gasteiger partial charge < -0.3 is 10.6 Å². The molecular weight excluding hydrogens is 240 g/mol. The van der Waals surface area contributed by atoms with Crippen LogP contribution in [-0.2, 0) is 11.2 Å². The third kappa shape index (κ3) is 1.74. The molecule has 0 radical (unpaired) electrons. The number of carbonyl (C=O) groups is 1. The fourth-order valence-electron chi connectivity index (χ4n) is 2.33. The lowest BCUT2D eigenvalue weighted by atomic mass is 10.0. The minimum Gasteiger partial charge on any atom is -0.395 e. The van der Waals surface area contributed by atoms with Crippen molar-refractivity contribution in [3.8, 4) is 11.3 Å². The molecule has 0 aliphatic carbocycles. The second-order valence-electron chi connectivity index (χ2n) is 4.69. The van der Waals surface area contributed by atoms with E-state index in [4.69, 9.17) is 5.73 Å². The molecule has 1 aromatic heterocycles. The van der Waals surface area contributed by atoms with E-state index in [0.717, 1.165) is 28.2 Å². The van der Waals surface area contributed by atoms with E-state index in [1.54, 1.807) is 11.9 Å². The molecule has 2 heterocycles. The van der Waals surface area contributed by atoms with E-state index in [9.17, 15) is 4.79 Å². The van der Waals surface area contributed by atoms with Gasteiger partial charge in [-0.2, -0.15) is 0 Å². The quantitative estimate of drug-likeness (QED) is 0.838. The van der Waals surface area contributed by atoms with Crippen LogP contribution in [-0.4, -0.2) is 22.9 Å². The van der Waals surface area contributed by atoms with Crippen molar-refractivity contribution in [2.75, 3.05) is 17.7 Å². The van der Waals surface area contributed by atoms with E-state index < -0.39 is 0 Å². The van der Waals surface area contributed by atoms with Gasteiger partial charge in [0.25, 0.3) is 0 Å². The van der Waals surface area contributed by atoms with Crippen molar-refractivity contribution in [3.63, 3.8) is 0 Å². The molecule has 0 saturated heterocycles. The summed E-state index contributed by atoms with van der Waals surface area (Å²) < 4.78 is 0. The highest BCUT2D eigenvalue weighted by atomic mass is 16.2. The average Bonchev–Trinajstić information content (AvgIpc) is 2.68. The molecule has 1 aliphatic rings. The molecular formula is C14H14N4O. The van der Waals surface area contributed by atoms with Crippen LogP contribution in [0.15, 0.2) is 24.5 Å². The van der Waals surface area contributed by atoms with Crippen LogP contribution in [0.5, 0.6) is 0 Å². The van der Waals surface area contributed by atoms with Gasteiger partial charge in [-0.15, -0.1) is 0 Å². The SMILES string of the molecule is Cc1ncnc(-c2ccc3c(c2)CC(=O)N3C)c1N. The highest BCUT2D eigenvalue weighted by molar-refractivity contribution is 6.01. The van der Waals surface area contributed by atoms with Gasteiger partial charge in [-0.3, -0.25) is 4.79 Å². The summed E-state index contributed by atoms with van der Waals surface area (Å²) in [5.41, 5.74) is 11.0. The molecule has 2 aromatic rings. The summed E-state index contributed by atoms with van der Waals surface area (Å²) in [6, 6.07) is 5.85. The Hall–Kier alpha value is -2.43. The smallest absolute Gasteiger partial charge is 0.231 e. The van der Waals surface area contributed by atoms with E-state index >= 15 is 0 Å². The molecule has 0 atom stereocenters. The summed E-state index contributed by atoms with van der Waals surface area (Å²) in [5.74, 6) is 0.110. The number of likely N-dealkylation sites (N-methyl/N-ethyl adjacent to an activating group) is 1. The number of aromatic nitrogens is 2. The first-order valence-corrected chi connectivity index (χ1v) is 6.05. The third-order valence-electron chi connectivity index (χ3n) is 3.51. The van der Waals surface area contributed by atoms with Crippen molar-refractivity contribution in [1.29, 1.82) is 0 Å². The standard InChI is InChI=1S/C14H14N4O/c1-8-13(15)14(17-7-16-8)9-3-4-11-10(5-9)6-12(19)18(11)2/h3-5,7H,6,15H2,1-2H3. The zero-order valence-corrected chi connectivity index (χ0v) is 10.8. The molecule has 0 spiro atoms. The fourth-order valence-corrected chi connectivity index (χ4v) is 2.33. The molecule has 1 amide bonds. The van der Waals surface area contributed by atoms with Gasteiger partial charge in [0.1, 0.15) is 6.33 Å². The number of benzene rings is 1.